The second-order valence-electron chi connectivity index (χ2n) is 6.67. The van der Waals surface area contributed by atoms with Gasteiger partial charge in [0.05, 0.1) is 46.2 Å². The predicted octanol–water partition coefficient (Wildman–Crippen LogP) is 5.33. The van der Waals surface area contributed by atoms with Gasteiger partial charge < -0.3 is 18.9 Å². The highest BCUT2D eigenvalue weighted by Gasteiger charge is 1.95. The van der Waals surface area contributed by atoms with Crippen molar-refractivity contribution in [2.45, 2.75) is 77.6 Å². The summed E-state index contributed by atoms with van der Waals surface area (Å²) in [6, 6.07) is 0. The fraction of sp³-hybridized carbons (Fsp3) is 1.00. The minimum atomic E-state index is -0.442. The molecule has 0 unspecified atom stereocenters. The number of alkyl halides is 1. The molecule has 0 heterocycles. The van der Waals surface area contributed by atoms with E-state index in [1.165, 1.54) is 64.2 Å². The van der Waals surface area contributed by atoms with Gasteiger partial charge >= 0.3 is 0 Å². The lowest BCUT2D eigenvalue weighted by Gasteiger charge is -2.07. The zero-order valence-electron chi connectivity index (χ0n) is 17.2. The Hall–Kier alpha value is -0.230. The molecule has 0 amide bonds. The molecule has 0 aliphatic heterocycles. The zero-order valence-corrected chi connectivity index (χ0v) is 17.2. The van der Waals surface area contributed by atoms with E-state index in [0.29, 0.717) is 39.6 Å². The van der Waals surface area contributed by atoms with Crippen LogP contribution < -0.4 is 0 Å². The topological polar surface area (TPSA) is 36.9 Å². The molecule has 0 aromatic carbocycles. The van der Waals surface area contributed by atoms with Crippen molar-refractivity contribution >= 4 is 0 Å². The molecule has 0 saturated heterocycles. The summed E-state index contributed by atoms with van der Waals surface area (Å²) in [5.74, 6) is 0. The SMILES string of the molecule is CCCCCCCCCCCCCOCCOCCOCCOCCF. The minimum Gasteiger partial charge on any atom is -0.379 e. The molecule has 0 N–H and O–H groups in total. The first-order chi connectivity index (χ1) is 12.9. The highest BCUT2D eigenvalue weighted by Crippen LogP contribution is 2.11. The monoisotopic (exact) mass is 378 g/mol. The Morgan fingerprint density at radius 1 is 0.423 bits per heavy atom. The minimum absolute atomic E-state index is 0.149. The highest BCUT2D eigenvalue weighted by atomic mass is 19.1. The van der Waals surface area contributed by atoms with Gasteiger partial charge in [-0.3, -0.25) is 0 Å². The first-order valence-corrected chi connectivity index (χ1v) is 10.8. The van der Waals surface area contributed by atoms with Crippen molar-refractivity contribution in [2.75, 3.05) is 59.5 Å². The highest BCUT2D eigenvalue weighted by molar-refractivity contribution is 4.48. The largest absolute Gasteiger partial charge is 0.379 e. The summed E-state index contributed by atoms with van der Waals surface area (Å²) in [4.78, 5) is 0. The maximum atomic E-state index is 11.7. The van der Waals surface area contributed by atoms with Crippen LogP contribution in [-0.2, 0) is 18.9 Å². The summed E-state index contributed by atoms with van der Waals surface area (Å²) in [5.41, 5.74) is 0. The van der Waals surface area contributed by atoms with E-state index in [2.05, 4.69) is 6.92 Å². The van der Waals surface area contributed by atoms with E-state index in [0.717, 1.165) is 13.0 Å². The average molecular weight is 379 g/mol. The van der Waals surface area contributed by atoms with Crippen LogP contribution in [0.1, 0.15) is 77.6 Å². The lowest BCUT2D eigenvalue weighted by molar-refractivity contribution is -0.00328. The van der Waals surface area contributed by atoms with Crippen molar-refractivity contribution in [2.24, 2.45) is 0 Å². The standard InChI is InChI=1S/C21H43FO4/c1-2-3-4-5-6-7-8-9-10-11-12-14-23-16-18-25-20-21-26-19-17-24-15-13-22/h2-21H2,1H3. The normalized spacial score (nSPS) is 11.3. The molecule has 0 bridgehead atoms. The summed E-state index contributed by atoms with van der Waals surface area (Å²) in [6.45, 7) is 6.09. The van der Waals surface area contributed by atoms with Crippen LogP contribution >= 0.6 is 0 Å². The van der Waals surface area contributed by atoms with Crippen LogP contribution in [0.4, 0.5) is 4.39 Å². The Labute approximate surface area is 161 Å². The van der Waals surface area contributed by atoms with Gasteiger partial charge in [0.25, 0.3) is 0 Å². The summed E-state index contributed by atoms with van der Waals surface area (Å²) < 4.78 is 33.0. The molecule has 5 heteroatoms. The molecule has 26 heavy (non-hydrogen) atoms. The van der Waals surface area contributed by atoms with Crippen LogP contribution in [-0.4, -0.2) is 59.5 Å². The van der Waals surface area contributed by atoms with Crippen molar-refractivity contribution in [3.05, 3.63) is 0 Å². The van der Waals surface area contributed by atoms with Crippen LogP contribution in [0.5, 0.6) is 0 Å². The summed E-state index contributed by atoms with van der Waals surface area (Å²) >= 11 is 0. The third kappa shape index (κ3) is 23.8. The molecule has 158 valence electrons. The van der Waals surface area contributed by atoms with Crippen LogP contribution in [0, 0.1) is 0 Å². The lowest BCUT2D eigenvalue weighted by atomic mass is 10.1. The van der Waals surface area contributed by atoms with Crippen LogP contribution in [0.15, 0.2) is 0 Å². The van der Waals surface area contributed by atoms with E-state index in [1.54, 1.807) is 0 Å². The van der Waals surface area contributed by atoms with Gasteiger partial charge in [-0.05, 0) is 6.42 Å². The number of halogens is 1. The Balaban J connectivity index is 2.95. The van der Waals surface area contributed by atoms with Gasteiger partial charge in [0.15, 0.2) is 0 Å². The number of hydrogen-bond donors (Lipinski definition) is 0. The molecular formula is C21H43FO4. The number of unbranched alkanes of at least 4 members (excludes halogenated alkanes) is 10. The van der Waals surface area contributed by atoms with E-state index in [4.69, 9.17) is 18.9 Å². The van der Waals surface area contributed by atoms with Crippen molar-refractivity contribution in [3.63, 3.8) is 0 Å². The molecule has 0 rings (SSSR count). The number of ether oxygens (including phenoxy) is 4. The predicted molar refractivity (Wildman–Crippen MR) is 106 cm³/mol. The van der Waals surface area contributed by atoms with E-state index in [9.17, 15) is 4.39 Å². The molecule has 4 nitrogen and oxygen atoms in total. The first kappa shape index (κ1) is 25.8. The van der Waals surface area contributed by atoms with E-state index < -0.39 is 6.67 Å². The fourth-order valence-electron chi connectivity index (χ4n) is 2.68. The molecule has 0 saturated carbocycles. The second kappa shape index (κ2) is 24.8. The average Bonchev–Trinajstić information content (AvgIpc) is 2.66. The zero-order chi connectivity index (χ0) is 19.0. The van der Waals surface area contributed by atoms with Gasteiger partial charge in [0.1, 0.15) is 6.67 Å². The Morgan fingerprint density at radius 3 is 1.19 bits per heavy atom. The fourth-order valence-corrected chi connectivity index (χ4v) is 2.68. The molecule has 0 aliphatic rings. The first-order valence-electron chi connectivity index (χ1n) is 10.8. The third-order valence-electron chi connectivity index (χ3n) is 4.23. The summed E-state index contributed by atoms with van der Waals surface area (Å²) in [7, 11) is 0. The molecule has 0 radical (unpaired) electrons. The molecule has 0 fully saturated rings. The van der Waals surface area contributed by atoms with Crippen LogP contribution in [0.2, 0.25) is 0 Å². The van der Waals surface area contributed by atoms with E-state index in [-0.39, 0.29) is 6.61 Å². The van der Waals surface area contributed by atoms with E-state index >= 15 is 0 Å². The number of rotatable bonds is 23. The van der Waals surface area contributed by atoms with Crippen molar-refractivity contribution in [1.82, 2.24) is 0 Å². The Bertz CT molecular complexity index is 218. The maximum Gasteiger partial charge on any atom is 0.113 e. The van der Waals surface area contributed by atoms with Gasteiger partial charge in [0.2, 0.25) is 0 Å². The number of hydrogen-bond acceptors (Lipinski definition) is 4. The Kier molecular flexibility index (Phi) is 24.6. The molecule has 0 aromatic rings. The smallest absolute Gasteiger partial charge is 0.113 e. The maximum absolute atomic E-state index is 11.7. The third-order valence-corrected chi connectivity index (χ3v) is 4.23. The van der Waals surface area contributed by atoms with Gasteiger partial charge in [-0.15, -0.1) is 0 Å². The molecule has 0 atom stereocenters. The van der Waals surface area contributed by atoms with E-state index in [1.807, 2.05) is 0 Å². The van der Waals surface area contributed by atoms with Crippen molar-refractivity contribution < 1.29 is 23.3 Å². The van der Waals surface area contributed by atoms with Crippen molar-refractivity contribution in [1.29, 1.82) is 0 Å². The van der Waals surface area contributed by atoms with Gasteiger partial charge in [0, 0.05) is 6.61 Å². The lowest BCUT2D eigenvalue weighted by Crippen LogP contribution is -2.12. The quantitative estimate of drug-likeness (QED) is 0.225. The van der Waals surface area contributed by atoms with Gasteiger partial charge in [-0.2, -0.15) is 0 Å². The molecular weight excluding hydrogens is 335 g/mol. The van der Waals surface area contributed by atoms with Crippen molar-refractivity contribution in [3.8, 4) is 0 Å². The van der Waals surface area contributed by atoms with Crippen LogP contribution in [0.3, 0.4) is 0 Å². The van der Waals surface area contributed by atoms with Crippen LogP contribution in [0.25, 0.3) is 0 Å². The van der Waals surface area contributed by atoms with Gasteiger partial charge in [-0.25, -0.2) is 4.39 Å². The summed E-state index contributed by atoms with van der Waals surface area (Å²) in [5, 5.41) is 0. The molecule has 0 aliphatic carbocycles. The van der Waals surface area contributed by atoms with Gasteiger partial charge in [-0.1, -0.05) is 71.1 Å². The summed E-state index contributed by atoms with van der Waals surface area (Å²) in [6.07, 6.45) is 14.9. The molecule has 0 spiro atoms. The Morgan fingerprint density at radius 2 is 0.769 bits per heavy atom. The molecule has 0 aromatic heterocycles. The second-order valence-corrected chi connectivity index (χ2v) is 6.67.